The fourth-order valence-corrected chi connectivity index (χ4v) is 2.74. The van der Waals surface area contributed by atoms with Crippen molar-refractivity contribution >= 4 is 11.3 Å². The quantitative estimate of drug-likeness (QED) is 0.825. The van der Waals surface area contributed by atoms with E-state index < -0.39 is 0 Å². The number of thiophene rings is 1. The Labute approximate surface area is 97.9 Å². The van der Waals surface area contributed by atoms with Crippen LogP contribution in [-0.2, 0) is 6.42 Å². The van der Waals surface area contributed by atoms with Crippen LogP contribution in [0.25, 0.3) is 0 Å². The lowest BCUT2D eigenvalue weighted by atomic mass is 9.83. The molecule has 0 bridgehead atoms. The van der Waals surface area contributed by atoms with Crippen LogP contribution in [0.4, 0.5) is 0 Å². The van der Waals surface area contributed by atoms with Crippen molar-refractivity contribution in [1.82, 2.24) is 5.32 Å². The topological polar surface area (TPSA) is 12.0 Å². The lowest BCUT2D eigenvalue weighted by Gasteiger charge is -2.30. The molecule has 0 amide bonds. The molecule has 1 aromatic rings. The third-order valence-corrected chi connectivity index (χ3v) is 3.95. The molecular weight excluding hydrogens is 202 g/mol. The van der Waals surface area contributed by atoms with Crippen LogP contribution in [0.5, 0.6) is 0 Å². The van der Waals surface area contributed by atoms with Gasteiger partial charge in [-0.15, -0.1) is 11.3 Å². The summed E-state index contributed by atoms with van der Waals surface area (Å²) in [4.78, 5) is 1.47. The summed E-state index contributed by atoms with van der Waals surface area (Å²) in [5.74, 6) is 0. The average molecular weight is 225 g/mol. The molecule has 0 aliphatic heterocycles. The highest BCUT2D eigenvalue weighted by Crippen LogP contribution is 2.24. The zero-order valence-electron chi connectivity index (χ0n) is 10.6. The zero-order chi connectivity index (χ0) is 11.5. The molecule has 2 heteroatoms. The molecule has 86 valence electrons. The van der Waals surface area contributed by atoms with Crippen LogP contribution in [0.15, 0.2) is 11.4 Å². The van der Waals surface area contributed by atoms with Gasteiger partial charge in [-0.2, -0.15) is 0 Å². The van der Waals surface area contributed by atoms with Gasteiger partial charge in [0.15, 0.2) is 0 Å². The van der Waals surface area contributed by atoms with Gasteiger partial charge in [0.1, 0.15) is 0 Å². The molecule has 0 saturated heterocycles. The van der Waals surface area contributed by atoms with Crippen LogP contribution in [-0.4, -0.2) is 13.1 Å². The van der Waals surface area contributed by atoms with E-state index in [1.807, 2.05) is 11.3 Å². The lowest BCUT2D eigenvalue weighted by Crippen LogP contribution is -2.38. The first-order valence-electron chi connectivity index (χ1n) is 5.65. The highest BCUT2D eigenvalue weighted by molar-refractivity contribution is 7.10. The predicted molar refractivity (Wildman–Crippen MR) is 69.7 cm³/mol. The summed E-state index contributed by atoms with van der Waals surface area (Å²) in [6.07, 6.45) is 2.41. The van der Waals surface area contributed by atoms with Crippen molar-refractivity contribution in [3.05, 3.63) is 21.9 Å². The number of hydrogen-bond acceptors (Lipinski definition) is 2. The molecule has 1 aromatic heterocycles. The molecule has 1 atom stereocenters. The molecule has 15 heavy (non-hydrogen) atoms. The van der Waals surface area contributed by atoms with Gasteiger partial charge in [0, 0.05) is 10.9 Å². The molecule has 1 nitrogen and oxygen atoms in total. The fourth-order valence-electron chi connectivity index (χ4n) is 1.98. The van der Waals surface area contributed by atoms with Gasteiger partial charge in [-0.1, -0.05) is 20.8 Å². The van der Waals surface area contributed by atoms with E-state index >= 15 is 0 Å². The highest BCUT2D eigenvalue weighted by Gasteiger charge is 2.22. The summed E-state index contributed by atoms with van der Waals surface area (Å²) in [6.45, 7) is 9.11. The van der Waals surface area contributed by atoms with Crippen molar-refractivity contribution in [2.24, 2.45) is 5.41 Å². The summed E-state index contributed by atoms with van der Waals surface area (Å²) in [5.41, 5.74) is 1.86. The number of rotatable bonds is 4. The Morgan fingerprint density at radius 2 is 2.07 bits per heavy atom. The molecule has 0 aromatic carbocycles. The van der Waals surface area contributed by atoms with Crippen LogP contribution in [0.3, 0.4) is 0 Å². The highest BCUT2D eigenvalue weighted by atomic mass is 32.1. The Balaban J connectivity index is 2.52. The van der Waals surface area contributed by atoms with Gasteiger partial charge in [-0.25, -0.2) is 0 Å². The van der Waals surface area contributed by atoms with E-state index in [-0.39, 0.29) is 0 Å². The molecule has 0 aliphatic carbocycles. The van der Waals surface area contributed by atoms with Crippen molar-refractivity contribution in [3.63, 3.8) is 0 Å². The van der Waals surface area contributed by atoms with Crippen LogP contribution < -0.4 is 5.32 Å². The van der Waals surface area contributed by atoms with Crippen LogP contribution in [0, 0.1) is 12.3 Å². The second-order valence-electron chi connectivity index (χ2n) is 5.25. The standard InChI is InChI=1S/C13H23NS/c1-10-11(8-9-15-10)6-7-12(14-5)13(2,3)4/h8-9,12,14H,6-7H2,1-5H3. The Kier molecular flexibility index (Phi) is 4.35. The van der Waals surface area contributed by atoms with Crippen molar-refractivity contribution in [2.45, 2.75) is 46.6 Å². The Bertz CT molecular complexity index is 296. The largest absolute Gasteiger partial charge is 0.316 e. The van der Waals surface area contributed by atoms with E-state index in [0.717, 1.165) is 0 Å². The van der Waals surface area contributed by atoms with Crippen LogP contribution >= 0.6 is 11.3 Å². The minimum absolute atomic E-state index is 0.346. The maximum absolute atomic E-state index is 3.43. The van der Waals surface area contributed by atoms with Crippen LogP contribution in [0.1, 0.15) is 37.6 Å². The maximum Gasteiger partial charge on any atom is 0.0116 e. The zero-order valence-corrected chi connectivity index (χ0v) is 11.4. The Morgan fingerprint density at radius 1 is 1.40 bits per heavy atom. The van der Waals surface area contributed by atoms with Gasteiger partial charge in [0.2, 0.25) is 0 Å². The normalized spacial score (nSPS) is 14.2. The summed E-state index contributed by atoms with van der Waals surface area (Å²) in [5, 5.41) is 5.62. The average Bonchev–Trinajstić information content (AvgIpc) is 2.50. The number of aryl methyl sites for hydroxylation is 2. The van der Waals surface area contributed by atoms with E-state index in [1.54, 1.807) is 0 Å². The van der Waals surface area contributed by atoms with Crippen molar-refractivity contribution in [1.29, 1.82) is 0 Å². The Hall–Kier alpha value is -0.340. The molecule has 0 saturated carbocycles. The third-order valence-electron chi connectivity index (χ3n) is 3.06. The minimum Gasteiger partial charge on any atom is -0.316 e. The summed E-state index contributed by atoms with van der Waals surface area (Å²) >= 11 is 1.85. The molecular formula is C13H23NS. The van der Waals surface area contributed by atoms with Gasteiger partial charge in [0.05, 0.1) is 0 Å². The van der Waals surface area contributed by atoms with E-state index in [1.165, 1.54) is 23.3 Å². The van der Waals surface area contributed by atoms with E-state index in [9.17, 15) is 0 Å². The van der Waals surface area contributed by atoms with Gasteiger partial charge in [-0.05, 0) is 49.2 Å². The van der Waals surface area contributed by atoms with Gasteiger partial charge in [-0.3, -0.25) is 0 Å². The van der Waals surface area contributed by atoms with Crippen LogP contribution in [0.2, 0.25) is 0 Å². The van der Waals surface area contributed by atoms with Gasteiger partial charge < -0.3 is 5.32 Å². The third kappa shape index (κ3) is 3.62. The first-order chi connectivity index (χ1) is 6.95. The van der Waals surface area contributed by atoms with Gasteiger partial charge >= 0.3 is 0 Å². The molecule has 1 unspecified atom stereocenters. The molecule has 1 N–H and O–H groups in total. The summed E-state index contributed by atoms with van der Waals surface area (Å²) in [7, 11) is 2.07. The monoisotopic (exact) mass is 225 g/mol. The predicted octanol–water partition coefficient (Wildman–Crippen LogP) is 3.62. The van der Waals surface area contributed by atoms with E-state index in [0.29, 0.717) is 11.5 Å². The molecule has 0 spiro atoms. The second kappa shape index (κ2) is 5.13. The van der Waals surface area contributed by atoms with E-state index in [4.69, 9.17) is 0 Å². The smallest absolute Gasteiger partial charge is 0.0116 e. The van der Waals surface area contributed by atoms with Crippen molar-refractivity contribution in [3.8, 4) is 0 Å². The molecule has 0 fully saturated rings. The summed E-state index contributed by atoms with van der Waals surface area (Å²) < 4.78 is 0. The minimum atomic E-state index is 0.346. The van der Waals surface area contributed by atoms with E-state index in [2.05, 4.69) is 51.5 Å². The first-order valence-corrected chi connectivity index (χ1v) is 6.53. The second-order valence-corrected chi connectivity index (χ2v) is 6.37. The lowest BCUT2D eigenvalue weighted by molar-refractivity contribution is 0.268. The van der Waals surface area contributed by atoms with Crippen molar-refractivity contribution < 1.29 is 0 Å². The fraction of sp³-hybridized carbons (Fsp3) is 0.692. The molecule has 0 aliphatic rings. The van der Waals surface area contributed by atoms with Gasteiger partial charge in [0.25, 0.3) is 0 Å². The molecule has 0 radical (unpaired) electrons. The Morgan fingerprint density at radius 3 is 2.47 bits per heavy atom. The maximum atomic E-state index is 3.43. The van der Waals surface area contributed by atoms with Crippen molar-refractivity contribution in [2.75, 3.05) is 7.05 Å². The number of hydrogen-bond donors (Lipinski definition) is 1. The SMILES string of the molecule is CNC(CCc1ccsc1C)C(C)(C)C. The summed E-state index contributed by atoms with van der Waals surface area (Å²) in [6, 6.07) is 2.85. The molecule has 1 heterocycles. The first kappa shape index (κ1) is 12.7. The number of nitrogens with one attached hydrogen (secondary N) is 1. The molecule has 1 rings (SSSR count).